The predicted molar refractivity (Wildman–Crippen MR) is 110 cm³/mol. The lowest BCUT2D eigenvalue weighted by Gasteiger charge is -2.12. The molecule has 1 saturated heterocycles. The molecule has 7 nitrogen and oxygen atoms in total. The van der Waals surface area contributed by atoms with Gasteiger partial charge in [-0.2, -0.15) is 0 Å². The van der Waals surface area contributed by atoms with Gasteiger partial charge in [-0.1, -0.05) is 13.8 Å². The van der Waals surface area contributed by atoms with Crippen molar-refractivity contribution in [1.29, 1.82) is 0 Å². The van der Waals surface area contributed by atoms with Crippen LogP contribution < -0.4 is 4.74 Å². The lowest BCUT2D eigenvalue weighted by atomic mass is 10.2. The van der Waals surface area contributed by atoms with Crippen LogP contribution in [-0.4, -0.2) is 46.9 Å². The molecule has 0 atom stereocenters. The van der Waals surface area contributed by atoms with E-state index in [1.807, 2.05) is 36.4 Å². The molecule has 2 rings (SSSR count). The molecule has 0 saturated carbocycles. The number of phenols is 1. The van der Waals surface area contributed by atoms with Crippen molar-refractivity contribution in [3.63, 3.8) is 0 Å². The van der Waals surface area contributed by atoms with Crippen molar-refractivity contribution in [1.82, 2.24) is 4.90 Å². The van der Waals surface area contributed by atoms with Gasteiger partial charge in [0.15, 0.2) is 11.5 Å². The van der Waals surface area contributed by atoms with Gasteiger partial charge in [-0.05, 0) is 71.0 Å². The second-order valence-corrected chi connectivity index (χ2v) is 8.28. The van der Waals surface area contributed by atoms with Gasteiger partial charge >= 0.3 is 5.97 Å². The Morgan fingerprint density at radius 3 is 2.70 bits per heavy atom. The summed E-state index contributed by atoms with van der Waals surface area (Å²) in [6.07, 6.45) is 1.54. The summed E-state index contributed by atoms with van der Waals surface area (Å²) in [4.78, 5) is 37.5. The van der Waals surface area contributed by atoms with Gasteiger partial charge in [-0.15, -0.1) is 0 Å². The third-order valence-electron chi connectivity index (χ3n) is 3.39. The molecule has 1 fully saturated rings. The Hall–Kier alpha value is -1.75. The highest BCUT2D eigenvalue weighted by Crippen LogP contribution is 2.36. The number of hydrogen-bond donors (Lipinski definition) is 1. The monoisotopic (exact) mass is 505 g/mol. The number of thioether (sulfide) groups is 1. The number of esters is 1. The first-order valence-corrected chi connectivity index (χ1v) is 10.2. The van der Waals surface area contributed by atoms with E-state index in [0.717, 1.165) is 16.7 Å². The molecule has 1 aromatic carbocycles. The number of halogens is 1. The lowest BCUT2D eigenvalue weighted by Crippen LogP contribution is -2.34. The molecular weight excluding hydrogens is 485 g/mol. The summed E-state index contributed by atoms with van der Waals surface area (Å²) in [5.74, 6) is -0.680. The normalized spacial score (nSPS) is 15.7. The molecule has 2 amide bonds. The van der Waals surface area contributed by atoms with Gasteiger partial charge in [0.05, 0.1) is 21.7 Å². The summed E-state index contributed by atoms with van der Waals surface area (Å²) in [5.41, 5.74) is 0.605. The molecule has 1 heterocycles. The number of ether oxygens (including phenoxy) is 2. The number of hydrogen-bond acceptors (Lipinski definition) is 7. The number of phenolic OH excluding ortho intramolecular Hbond substituents is 1. The van der Waals surface area contributed by atoms with E-state index in [1.54, 1.807) is 19.1 Å². The number of imide groups is 1. The Morgan fingerprint density at radius 2 is 2.07 bits per heavy atom. The summed E-state index contributed by atoms with van der Waals surface area (Å²) >= 11 is 2.71. The van der Waals surface area contributed by atoms with Crippen LogP contribution in [0.5, 0.6) is 11.5 Å². The molecule has 0 bridgehead atoms. The highest BCUT2D eigenvalue weighted by Gasteiger charge is 2.36. The number of benzene rings is 1. The number of amides is 2. The second kappa shape index (κ2) is 9.45. The molecule has 1 aromatic rings. The lowest BCUT2D eigenvalue weighted by molar-refractivity contribution is -0.147. The van der Waals surface area contributed by atoms with Gasteiger partial charge < -0.3 is 14.6 Å². The zero-order chi connectivity index (χ0) is 20.1. The number of aromatic hydroxyl groups is 1. The summed E-state index contributed by atoms with van der Waals surface area (Å²) in [5, 5.41) is 9.48. The van der Waals surface area contributed by atoms with Crippen molar-refractivity contribution >= 4 is 57.5 Å². The average molecular weight is 505 g/mol. The third-order valence-corrected chi connectivity index (χ3v) is 5.12. The topological polar surface area (TPSA) is 93.1 Å². The van der Waals surface area contributed by atoms with Crippen LogP contribution in [0.25, 0.3) is 6.08 Å². The van der Waals surface area contributed by atoms with E-state index >= 15 is 0 Å². The van der Waals surface area contributed by atoms with E-state index in [1.165, 1.54) is 6.08 Å². The van der Waals surface area contributed by atoms with Crippen LogP contribution >= 0.6 is 34.4 Å². The fourth-order valence-corrected chi connectivity index (χ4v) is 3.63. The van der Waals surface area contributed by atoms with Gasteiger partial charge in [0.25, 0.3) is 11.1 Å². The largest absolute Gasteiger partial charge is 0.504 e. The summed E-state index contributed by atoms with van der Waals surface area (Å²) in [7, 11) is 0. The maximum Gasteiger partial charge on any atom is 0.326 e. The molecule has 27 heavy (non-hydrogen) atoms. The Morgan fingerprint density at radius 1 is 1.37 bits per heavy atom. The van der Waals surface area contributed by atoms with Crippen LogP contribution in [0.15, 0.2) is 17.0 Å². The van der Waals surface area contributed by atoms with Gasteiger partial charge in [-0.25, -0.2) is 0 Å². The van der Waals surface area contributed by atoms with Crippen LogP contribution in [0.3, 0.4) is 0 Å². The van der Waals surface area contributed by atoms with Crippen molar-refractivity contribution in [3.05, 3.63) is 26.2 Å². The highest BCUT2D eigenvalue weighted by molar-refractivity contribution is 14.1. The highest BCUT2D eigenvalue weighted by atomic mass is 127. The number of nitrogens with zero attached hydrogens (tertiary/aromatic N) is 1. The van der Waals surface area contributed by atoms with Gasteiger partial charge in [0, 0.05) is 0 Å². The number of rotatable bonds is 7. The molecule has 0 unspecified atom stereocenters. The number of carbonyl (C=O) groups is 3. The summed E-state index contributed by atoms with van der Waals surface area (Å²) in [6.45, 7) is 5.78. The minimum atomic E-state index is -0.620. The molecule has 1 N–H and O–H groups in total. The van der Waals surface area contributed by atoms with Gasteiger partial charge in [-0.3, -0.25) is 19.3 Å². The minimum Gasteiger partial charge on any atom is -0.504 e. The fourth-order valence-electron chi connectivity index (χ4n) is 2.16. The van der Waals surface area contributed by atoms with Crippen LogP contribution in [0.1, 0.15) is 26.3 Å². The van der Waals surface area contributed by atoms with Crippen LogP contribution in [-0.2, 0) is 14.3 Å². The first kappa shape index (κ1) is 21.5. The van der Waals surface area contributed by atoms with E-state index in [-0.39, 0.29) is 23.2 Å². The van der Waals surface area contributed by atoms with Crippen molar-refractivity contribution in [2.45, 2.75) is 20.8 Å². The van der Waals surface area contributed by atoms with Crippen LogP contribution in [0.2, 0.25) is 0 Å². The Kier molecular flexibility index (Phi) is 7.54. The van der Waals surface area contributed by atoms with Crippen LogP contribution in [0.4, 0.5) is 4.79 Å². The molecule has 1 aliphatic heterocycles. The van der Waals surface area contributed by atoms with E-state index in [0.29, 0.717) is 21.5 Å². The van der Waals surface area contributed by atoms with E-state index < -0.39 is 23.7 Å². The molecular formula is C18H20INO6S. The Bertz CT molecular complexity index is 792. The molecule has 1 aliphatic rings. The zero-order valence-electron chi connectivity index (χ0n) is 15.2. The average Bonchev–Trinajstić information content (AvgIpc) is 2.85. The van der Waals surface area contributed by atoms with E-state index in [4.69, 9.17) is 9.47 Å². The first-order chi connectivity index (χ1) is 12.7. The maximum atomic E-state index is 12.5. The van der Waals surface area contributed by atoms with Crippen LogP contribution in [0, 0.1) is 9.49 Å². The minimum absolute atomic E-state index is 0.0237. The van der Waals surface area contributed by atoms with Crippen molar-refractivity contribution in [3.8, 4) is 11.5 Å². The quantitative estimate of drug-likeness (QED) is 0.344. The molecule has 146 valence electrons. The molecule has 0 aliphatic carbocycles. The number of carbonyl (C=O) groups excluding carboxylic acids is 3. The molecule has 0 aromatic heterocycles. The third kappa shape index (κ3) is 5.61. The van der Waals surface area contributed by atoms with Crippen molar-refractivity contribution in [2.75, 3.05) is 19.8 Å². The van der Waals surface area contributed by atoms with Crippen molar-refractivity contribution < 1.29 is 29.0 Å². The smallest absolute Gasteiger partial charge is 0.326 e. The van der Waals surface area contributed by atoms with Crippen molar-refractivity contribution in [2.24, 2.45) is 5.92 Å². The Labute approximate surface area is 175 Å². The molecule has 9 heteroatoms. The summed E-state index contributed by atoms with van der Waals surface area (Å²) < 4.78 is 11.0. The molecule has 0 radical (unpaired) electrons. The first-order valence-electron chi connectivity index (χ1n) is 8.29. The standard InChI is InChI=1S/C18H20INO6S/c1-4-25-13-6-11(5-12(19)16(13)22)7-14-17(23)20(18(24)27-14)8-15(21)26-9-10(2)3/h5-7,10,22H,4,8-9H2,1-3H3/b14-7+. The van der Waals surface area contributed by atoms with E-state index in [9.17, 15) is 19.5 Å². The van der Waals surface area contributed by atoms with E-state index in [2.05, 4.69) is 0 Å². The second-order valence-electron chi connectivity index (χ2n) is 6.13. The zero-order valence-corrected chi connectivity index (χ0v) is 18.1. The Balaban J connectivity index is 2.17. The maximum absolute atomic E-state index is 12.5. The predicted octanol–water partition coefficient (Wildman–Crippen LogP) is 3.63. The molecule has 0 spiro atoms. The van der Waals surface area contributed by atoms with Gasteiger partial charge in [0.1, 0.15) is 6.54 Å². The fraction of sp³-hybridized carbons (Fsp3) is 0.389. The van der Waals surface area contributed by atoms with Gasteiger partial charge in [0.2, 0.25) is 0 Å². The summed E-state index contributed by atoms with van der Waals surface area (Å²) in [6, 6.07) is 3.26. The SMILES string of the molecule is CCOc1cc(/C=C2/SC(=O)N(CC(=O)OCC(C)C)C2=O)cc(I)c1O.